The number of nitrogens with two attached hydrogens (primary N) is 3. The lowest BCUT2D eigenvalue weighted by atomic mass is 10.1. The fraction of sp³-hybridized carbons (Fsp3) is 0.429. The summed E-state index contributed by atoms with van der Waals surface area (Å²) in [6.07, 6.45) is 1.17. The minimum Gasteiger partial charge on any atom is -0.480 e. The summed E-state index contributed by atoms with van der Waals surface area (Å²) in [5, 5.41) is 21.1. The third-order valence-corrected chi connectivity index (χ3v) is 3.34. The van der Waals surface area contributed by atoms with Gasteiger partial charge in [-0.3, -0.25) is 15.0 Å². The second-order valence-electron chi connectivity index (χ2n) is 5.45. The van der Waals surface area contributed by atoms with Crippen molar-refractivity contribution in [3.8, 4) is 0 Å². The van der Waals surface area contributed by atoms with Crippen molar-refractivity contribution in [1.29, 1.82) is 5.41 Å². The molecule has 1 aromatic heterocycles. The number of rotatable bonds is 9. The quantitative estimate of drug-likeness (QED) is 0.118. The lowest BCUT2D eigenvalue weighted by Crippen LogP contribution is -2.41. The van der Waals surface area contributed by atoms with Crippen LogP contribution in [0.25, 0.3) is 0 Å². The number of nitrogens with zero attached hydrogens (tertiary/aromatic N) is 2. The SMILES string of the molecule is CC(=O)c1nc(N)c(C(=O)NC(CCCCNC(=N)N)C(=O)O)nc1N. The number of carbonyl (C=O) groups is 3. The lowest BCUT2D eigenvalue weighted by molar-refractivity contribution is -0.139. The van der Waals surface area contributed by atoms with Gasteiger partial charge in [0.1, 0.15) is 6.04 Å². The van der Waals surface area contributed by atoms with Gasteiger partial charge in [-0.1, -0.05) is 0 Å². The summed E-state index contributed by atoms with van der Waals surface area (Å²) >= 11 is 0. The number of aromatic nitrogens is 2. The predicted molar refractivity (Wildman–Crippen MR) is 93.5 cm³/mol. The highest BCUT2D eigenvalue weighted by Gasteiger charge is 2.24. The van der Waals surface area contributed by atoms with Crippen molar-refractivity contribution in [2.75, 3.05) is 18.0 Å². The minimum absolute atomic E-state index is 0.148. The molecule has 12 nitrogen and oxygen atoms in total. The Morgan fingerprint density at radius 2 is 1.73 bits per heavy atom. The molecule has 0 aliphatic rings. The van der Waals surface area contributed by atoms with Crippen LogP contribution in [0.3, 0.4) is 0 Å². The molecule has 0 aromatic carbocycles. The van der Waals surface area contributed by atoms with Crippen molar-refractivity contribution >= 4 is 35.3 Å². The molecule has 0 bridgehead atoms. The van der Waals surface area contributed by atoms with Gasteiger partial charge < -0.3 is 32.9 Å². The zero-order valence-electron chi connectivity index (χ0n) is 14.2. The highest BCUT2D eigenvalue weighted by atomic mass is 16.4. The molecule has 142 valence electrons. The number of anilines is 2. The second kappa shape index (κ2) is 9.15. The van der Waals surface area contributed by atoms with Crippen molar-refractivity contribution in [1.82, 2.24) is 20.6 Å². The highest BCUT2D eigenvalue weighted by molar-refractivity contribution is 6.01. The van der Waals surface area contributed by atoms with Gasteiger partial charge in [-0.2, -0.15) is 0 Å². The highest BCUT2D eigenvalue weighted by Crippen LogP contribution is 2.14. The van der Waals surface area contributed by atoms with Crippen LogP contribution in [0.4, 0.5) is 11.6 Å². The van der Waals surface area contributed by atoms with E-state index in [1.54, 1.807) is 0 Å². The van der Waals surface area contributed by atoms with Crippen LogP contribution in [-0.4, -0.2) is 51.3 Å². The van der Waals surface area contributed by atoms with Gasteiger partial charge in [-0.25, -0.2) is 14.8 Å². The Kier molecular flexibility index (Phi) is 7.25. The van der Waals surface area contributed by atoms with E-state index in [9.17, 15) is 19.5 Å². The number of carboxylic acid groups (broad SMARTS) is 1. The van der Waals surface area contributed by atoms with E-state index in [0.717, 1.165) is 0 Å². The molecule has 1 atom stereocenters. The van der Waals surface area contributed by atoms with Gasteiger partial charge in [-0.15, -0.1) is 0 Å². The molecule has 0 saturated heterocycles. The Morgan fingerprint density at radius 1 is 1.15 bits per heavy atom. The fourth-order valence-corrected chi connectivity index (χ4v) is 2.07. The molecular weight excluding hydrogens is 344 g/mol. The maximum Gasteiger partial charge on any atom is 0.326 e. The van der Waals surface area contributed by atoms with Crippen molar-refractivity contribution in [2.24, 2.45) is 5.73 Å². The third-order valence-electron chi connectivity index (χ3n) is 3.34. The van der Waals surface area contributed by atoms with E-state index in [2.05, 4.69) is 20.6 Å². The maximum atomic E-state index is 12.2. The topological polar surface area (TPSA) is 223 Å². The molecule has 1 heterocycles. The van der Waals surface area contributed by atoms with E-state index in [-0.39, 0.29) is 35.4 Å². The zero-order valence-corrected chi connectivity index (χ0v) is 14.2. The van der Waals surface area contributed by atoms with Crippen LogP contribution in [0.2, 0.25) is 0 Å². The van der Waals surface area contributed by atoms with E-state index >= 15 is 0 Å². The first-order chi connectivity index (χ1) is 12.1. The molecule has 0 radical (unpaired) electrons. The maximum absolute atomic E-state index is 12.2. The first kappa shape index (κ1) is 20.6. The molecule has 1 rings (SSSR count). The average molecular weight is 366 g/mol. The zero-order chi connectivity index (χ0) is 19.9. The van der Waals surface area contributed by atoms with E-state index in [4.69, 9.17) is 22.6 Å². The van der Waals surface area contributed by atoms with Crippen LogP contribution in [0.15, 0.2) is 0 Å². The van der Waals surface area contributed by atoms with Gasteiger partial charge in [0.05, 0.1) is 0 Å². The Morgan fingerprint density at radius 3 is 2.27 bits per heavy atom. The minimum atomic E-state index is -1.22. The lowest BCUT2D eigenvalue weighted by Gasteiger charge is -2.15. The molecule has 10 N–H and O–H groups in total. The summed E-state index contributed by atoms with van der Waals surface area (Å²) < 4.78 is 0. The molecule has 12 heteroatoms. The number of carbonyl (C=O) groups excluding carboxylic acids is 2. The summed E-state index contributed by atoms with van der Waals surface area (Å²) in [6, 6.07) is -1.17. The Balaban J connectivity index is 2.76. The monoisotopic (exact) mass is 366 g/mol. The normalized spacial score (nSPS) is 11.4. The first-order valence-corrected chi connectivity index (χ1v) is 7.69. The number of hydrogen-bond donors (Lipinski definition) is 7. The number of guanidine groups is 1. The van der Waals surface area contributed by atoms with Crippen LogP contribution in [0, 0.1) is 5.41 Å². The third kappa shape index (κ3) is 5.89. The second-order valence-corrected chi connectivity index (χ2v) is 5.45. The average Bonchev–Trinajstić information content (AvgIpc) is 2.54. The largest absolute Gasteiger partial charge is 0.480 e. The summed E-state index contributed by atoms with van der Waals surface area (Å²) in [7, 11) is 0. The number of aliphatic carboxylic acids is 1. The fourth-order valence-electron chi connectivity index (χ4n) is 2.07. The van der Waals surface area contributed by atoms with E-state index < -0.39 is 23.7 Å². The van der Waals surface area contributed by atoms with E-state index in [1.165, 1.54) is 6.92 Å². The van der Waals surface area contributed by atoms with E-state index in [0.29, 0.717) is 19.4 Å². The smallest absolute Gasteiger partial charge is 0.326 e. The predicted octanol–water partition coefficient (Wildman–Crippen LogP) is -1.32. The number of unbranched alkanes of at least 4 members (excludes halogenated alkanes) is 1. The van der Waals surface area contributed by atoms with Gasteiger partial charge in [0.2, 0.25) is 0 Å². The van der Waals surface area contributed by atoms with Crippen LogP contribution in [-0.2, 0) is 4.79 Å². The molecule has 1 amide bonds. The molecule has 0 spiro atoms. The number of Topliss-reactive ketones (excluding diaryl/α,β-unsaturated/α-hetero) is 1. The molecule has 1 aromatic rings. The van der Waals surface area contributed by atoms with Crippen molar-refractivity contribution in [2.45, 2.75) is 32.2 Å². The molecule has 0 aliphatic carbocycles. The summed E-state index contributed by atoms with van der Waals surface area (Å²) in [6.45, 7) is 1.64. The van der Waals surface area contributed by atoms with Gasteiger partial charge in [-0.05, 0) is 19.3 Å². The molecule has 26 heavy (non-hydrogen) atoms. The summed E-state index contributed by atoms with van der Waals surface area (Å²) in [5.41, 5.74) is 15.8. The standard InChI is InChI=1S/C14H22N8O4/c1-6(23)8-10(15)22-9(11(16)21-8)12(24)20-7(13(25)26)4-2-3-5-19-14(17)18/h7H,2-5H2,1H3,(H2,15,22)(H2,16,21)(H,20,24)(H,25,26)(H4,17,18,19). The number of amides is 1. The van der Waals surface area contributed by atoms with Crippen LogP contribution in [0.1, 0.15) is 47.2 Å². The number of carboxylic acids is 1. The summed E-state index contributed by atoms with van der Waals surface area (Å²) in [5.74, 6) is -3.30. The van der Waals surface area contributed by atoms with E-state index in [1.807, 2.05) is 0 Å². The van der Waals surface area contributed by atoms with Crippen LogP contribution >= 0.6 is 0 Å². The molecule has 0 fully saturated rings. The Hall–Kier alpha value is -3.44. The van der Waals surface area contributed by atoms with Gasteiger partial charge in [0.25, 0.3) is 5.91 Å². The van der Waals surface area contributed by atoms with Crippen LogP contribution in [0.5, 0.6) is 0 Å². The number of nitrogen functional groups attached to an aromatic ring is 2. The van der Waals surface area contributed by atoms with Gasteiger partial charge in [0, 0.05) is 13.5 Å². The molecular formula is C14H22N8O4. The molecule has 0 aliphatic heterocycles. The van der Waals surface area contributed by atoms with Crippen LogP contribution < -0.4 is 27.8 Å². The first-order valence-electron chi connectivity index (χ1n) is 7.69. The number of ketones is 1. The Labute approximate surface area is 149 Å². The van der Waals surface area contributed by atoms with Gasteiger partial charge in [0.15, 0.2) is 34.8 Å². The Bertz CT molecular complexity index is 721. The summed E-state index contributed by atoms with van der Waals surface area (Å²) in [4.78, 5) is 42.4. The van der Waals surface area contributed by atoms with Crippen molar-refractivity contribution in [3.05, 3.63) is 11.4 Å². The van der Waals surface area contributed by atoms with Gasteiger partial charge >= 0.3 is 5.97 Å². The molecule has 0 saturated carbocycles. The van der Waals surface area contributed by atoms with Crippen molar-refractivity contribution in [3.63, 3.8) is 0 Å². The number of nitrogens with one attached hydrogen (secondary N) is 3. The molecule has 1 unspecified atom stereocenters. The van der Waals surface area contributed by atoms with Crippen molar-refractivity contribution < 1.29 is 19.5 Å². The number of hydrogen-bond acceptors (Lipinski definition) is 8.